The summed E-state index contributed by atoms with van der Waals surface area (Å²) in [5.41, 5.74) is 0.820. The molecule has 1 rings (SSSR count). The lowest BCUT2D eigenvalue weighted by molar-refractivity contribution is -0.141. The number of carboxylic acids is 1. The predicted molar refractivity (Wildman–Crippen MR) is 59.5 cm³/mol. The molecule has 4 heteroatoms. The zero-order valence-electron chi connectivity index (χ0n) is 9.24. The van der Waals surface area contributed by atoms with E-state index in [0.29, 0.717) is 19.5 Å². The lowest BCUT2D eigenvalue weighted by Gasteiger charge is -2.10. The minimum Gasteiger partial charge on any atom is -0.481 e. The molecule has 1 aromatic carbocycles. The monoisotopic (exact) mass is 225 g/mol. The van der Waals surface area contributed by atoms with Crippen molar-refractivity contribution < 1.29 is 14.3 Å². The topological polar surface area (TPSA) is 49.3 Å². The first-order chi connectivity index (χ1) is 7.63. The van der Waals surface area contributed by atoms with E-state index >= 15 is 0 Å². The Labute approximate surface area is 94.3 Å². The molecule has 88 valence electrons. The molecule has 0 aromatic heterocycles. The SMILES string of the molecule is CCC(CNCc1cccc(F)c1)C(=O)O. The van der Waals surface area contributed by atoms with E-state index in [1.807, 2.05) is 6.92 Å². The summed E-state index contributed by atoms with van der Waals surface area (Å²) in [5.74, 6) is -1.45. The molecule has 0 fully saturated rings. The molecule has 0 saturated heterocycles. The van der Waals surface area contributed by atoms with Crippen molar-refractivity contribution in [2.45, 2.75) is 19.9 Å². The van der Waals surface area contributed by atoms with Crippen LogP contribution in [0.15, 0.2) is 24.3 Å². The van der Waals surface area contributed by atoms with Gasteiger partial charge in [-0.3, -0.25) is 4.79 Å². The maximum atomic E-state index is 12.8. The van der Waals surface area contributed by atoms with Crippen LogP contribution in [0.2, 0.25) is 0 Å². The second-order valence-corrected chi connectivity index (χ2v) is 3.70. The van der Waals surface area contributed by atoms with Crippen molar-refractivity contribution in [2.75, 3.05) is 6.54 Å². The number of hydrogen-bond acceptors (Lipinski definition) is 2. The van der Waals surface area contributed by atoms with Gasteiger partial charge in [-0.15, -0.1) is 0 Å². The van der Waals surface area contributed by atoms with E-state index in [4.69, 9.17) is 5.11 Å². The fourth-order valence-electron chi connectivity index (χ4n) is 1.44. The number of benzene rings is 1. The Kier molecular flexibility index (Phi) is 4.92. The quantitative estimate of drug-likeness (QED) is 0.778. The molecule has 0 aliphatic rings. The summed E-state index contributed by atoms with van der Waals surface area (Å²) in [6.07, 6.45) is 0.589. The van der Waals surface area contributed by atoms with Gasteiger partial charge in [0.15, 0.2) is 0 Å². The first kappa shape index (κ1) is 12.6. The van der Waals surface area contributed by atoms with Crippen molar-refractivity contribution >= 4 is 5.97 Å². The van der Waals surface area contributed by atoms with Gasteiger partial charge in [-0.05, 0) is 24.1 Å². The van der Waals surface area contributed by atoms with Crippen LogP contribution < -0.4 is 5.32 Å². The molecule has 0 aliphatic heterocycles. The molecular formula is C12H16FNO2. The first-order valence-corrected chi connectivity index (χ1v) is 5.31. The number of halogens is 1. The summed E-state index contributed by atoms with van der Waals surface area (Å²) in [6, 6.07) is 6.27. The van der Waals surface area contributed by atoms with E-state index in [0.717, 1.165) is 5.56 Å². The van der Waals surface area contributed by atoms with E-state index in [2.05, 4.69) is 5.32 Å². The lowest BCUT2D eigenvalue weighted by atomic mass is 10.1. The van der Waals surface area contributed by atoms with E-state index in [1.54, 1.807) is 12.1 Å². The summed E-state index contributed by atoms with van der Waals surface area (Å²) in [7, 11) is 0. The zero-order chi connectivity index (χ0) is 12.0. The minimum absolute atomic E-state index is 0.274. The molecule has 0 aliphatic carbocycles. The van der Waals surface area contributed by atoms with Crippen LogP contribution in [0.3, 0.4) is 0 Å². The maximum absolute atomic E-state index is 12.8. The summed E-state index contributed by atoms with van der Waals surface area (Å²) < 4.78 is 12.8. The molecule has 0 bridgehead atoms. The van der Waals surface area contributed by atoms with Gasteiger partial charge in [-0.2, -0.15) is 0 Å². The predicted octanol–water partition coefficient (Wildman–Crippen LogP) is 2.03. The zero-order valence-corrected chi connectivity index (χ0v) is 9.24. The third-order valence-electron chi connectivity index (χ3n) is 2.45. The standard InChI is InChI=1S/C12H16FNO2/c1-2-10(12(15)16)8-14-7-9-4-3-5-11(13)6-9/h3-6,10,14H,2,7-8H2,1H3,(H,15,16). The van der Waals surface area contributed by atoms with Crippen LogP contribution in [0.1, 0.15) is 18.9 Å². The molecule has 0 heterocycles. The smallest absolute Gasteiger partial charge is 0.307 e. The molecule has 0 radical (unpaired) electrons. The molecule has 0 amide bonds. The average Bonchev–Trinajstić information content (AvgIpc) is 2.24. The molecular weight excluding hydrogens is 209 g/mol. The molecule has 1 unspecified atom stereocenters. The van der Waals surface area contributed by atoms with Crippen LogP contribution in [0.5, 0.6) is 0 Å². The Hall–Kier alpha value is -1.42. The number of aliphatic carboxylic acids is 1. The van der Waals surface area contributed by atoms with Crippen LogP contribution in [0, 0.1) is 11.7 Å². The summed E-state index contributed by atoms with van der Waals surface area (Å²) in [5, 5.41) is 11.8. The van der Waals surface area contributed by atoms with Crippen molar-refractivity contribution in [3.8, 4) is 0 Å². The third kappa shape index (κ3) is 3.98. The van der Waals surface area contributed by atoms with Gasteiger partial charge in [0.1, 0.15) is 5.82 Å². The molecule has 0 spiro atoms. The van der Waals surface area contributed by atoms with Crippen LogP contribution in [0.4, 0.5) is 4.39 Å². The van der Waals surface area contributed by atoms with Crippen LogP contribution >= 0.6 is 0 Å². The van der Waals surface area contributed by atoms with Gasteiger partial charge < -0.3 is 10.4 Å². The molecule has 16 heavy (non-hydrogen) atoms. The Morgan fingerprint density at radius 2 is 2.31 bits per heavy atom. The van der Waals surface area contributed by atoms with Crippen LogP contribution in [-0.2, 0) is 11.3 Å². The lowest BCUT2D eigenvalue weighted by Crippen LogP contribution is -2.27. The highest BCUT2D eigenvalue weighted by molar-refractivity contribution is 5.70. The molecule has 0 saturated carbocycles. The molecule has 3 nitrogen and oxygen atoms in total. The van der Waals surface area contributed by atoms with Gasteiger partial charge in [-0.25, -0.2) is 4.39 Å². The number of rotatable bonds is 6. The number of carbonyl (C=O) groups is 1. The minimum atomic E-state index is -0.797. The highest BCUT2D eigenvalue weighted by Crippen LogP contribution is 2.04. The number of nitrogens with one attached hydrogen (secondary N) is 1. The van der Waals surface area contributed by atoms with Gasteiger partial charge in [0.2, 0.25) is 0 Å². The Balaban J connectivity index is 2.38. The van der Waals surface area contributed by atoms with Gasteiger partial charge in [0, 0.05) is 13.1 Å². The summed E-state index contributed by atoms with van der Waals surface area (Å²) >= 11 is 0. The second kappa shape index (κ2) is 6.23. The number of hydrogen-bond donors (Lipinski definition) is 2. The molecule has 2 N–H and O–H groups in total. The van der Waals surface area contributed by atoms with Gasteiger partial charge in [0.05, 0.1) is 5.92 Å². The van der Waals surface area contributed by atoms with Crippen LogP contribution in [-0.4, -0.2) is 17.6 Å². The summed E-state index contributed by atoms with van der Waals surface area (Å²) in [4.78, 5) is 10.7. The Bertz CT molecular complexity index is 355. The second-order valence-electron chi connectivity index (χ2n) is 3.70. The van der Waals surface area contributed by atoms with Crippen LogP contribution in [0.25, 0.3) is 0 Å². The van der Waals surface area contributed by atoms with Crippen molar-refractivity contribution in [1.29, 1.82) is 0 Å². The van der Waals surface area contributed by atoms with E-state index in [1.165, 1.54) is 12.1 Å². The fraction of sp³-hybridized carbons (Fsp3) is 0.417. The van der Waals surface area contributed by atoms with Gasteiger partial charge >= 0.3 is 5.97 Å². The van der Waals surface area contributed by atoms with Crippen molar-refractivity contribution in [3.63, 3.8) is 0 Å². The average molecular weight is 225 g/mol. The van der Waals surface area contributed by atoms with Crippen molar-refractivity contribution in [3.05, 3.63) is 35.6 Å². The van der Waals surface area contributed by atoms with Crippen molar-refractivity contribution in [2.24, 2.45) is 5.92 Å². The van der Waals surface area contributed by atoms with Gasteiger partial charge in [-0.1, -0.05) is 19.1 Å². The highest BCUT2D eigenvalue weighted by atomic mass is 19.1. The van der Waals surface area contributed by atoms with E-state index in [9.17, 15) is 9.18 Å². The molecule has 1 atom stereocenters. The van der Waals surface area contributed by atoms with E-state index in [-0.39, 0.29) is 11.7 Å². The van der Waals surface area contributed by atoms with E-state index < -0.39 is 5.97 Å². The third-order valence-corrected chi connectivity index (χ3v) is 2.45. The Morgan fingerprint density at radius 3 is 2.88 bits per heavy atom. The largest absolute Gasteiger partial charge is 0.481 e. The highest BCUT2D eigenvalue weighted by Gasteiger charge is 2.13. The number of carboxylic acid groups (broad SMARTS) is 1. The normalized spacial score (nSPS) is 12.4. The van der Waals surface area contributed by atoms with Crippen molar-refractivity contribution in [1.82, 2.24) is 5.32 Å². The fourth-order valence-corrected chi connectivity index (χ4v) is 1.44. The summed E-state index contributed by atoms with van der Waals surface area (Å²) in [6.45, 7) is 2.73. The van der Waals surface area contributed by atoms with Gasteiger partial charge in [0.25, 0.3) is 0 Å². The first-order valence-electron chi connectivity index (χ1n) is 5.31. The molecule has 1 aromatic rings. The maximum Gasteiger partial charge on any atom is 0.307 e. The Morgan fingerprint density at radius 1 is 1.56 bits per heavy atom.